The predicted octanol–water partition coefficient (Wildman–Crippen LogP) is 1.94. The van der Waals surface area contributed by atoms with E-state index in [2.05, 4.69) is 22.7 Å². The van der Waals surface area contributed by atoms with Gasteiger partial charge in [0.1, 0.15) is 0 Å². The SMILES string of the molecule is COCSc1ccc(/C(C)=N/NC(N)=S)cc1. The van der Waals surface area contributed by atoms with Crippen LogP contribution in [0.4, 0.5) is 0 Å². The average Bonchev–Trinajstić information content (AvgIpc) is 2.34. The molecular weight excluding hydrogens is 254 g/mol. The molecule has 0 aliphatic rings. The molecule has 0 atom stereocenters. The zero-order chi connectivity index (χ0) is 12.7. The van der Waals surface area contributed by atoms with E-state index in [1.807, 2.05) is 31.2 Å². The van der Waals surface area contributed by atoms with Crippen molar-refractivity contribution in [2.24, 2.45) is 10.8 Å². The van der Waals surface area contributed by atoms with Crippen molar-refractivity contribution in [1.82, 2.24) is 5.43 Å². The Balaban J connectivity index is 2.66. The van der Waals surface area contributed by atoms with Crippen molar-refractivity contribution in [2.45, 2.75) is 11.8 Å². The highest BCUT2D eigenvalue weighted by molar-refractivity contribution is 7.99. The number of thiocarbonyl (C=S) groups is 1. The van der Waals surface area contributed by atoms with Gasteiger partial charge < -0.3 is 10.5 Å². The second kappa shape index (κ2) is 7.26. The van der Waals surface area contributed by atoms with Crippen molar-refractivity contribution in [3.8, 4) is 0 Å². The number of hydrogen-bond donors (Lipinski definition) is 2. The van der Waals surface area contributed by atoms with Gasteiger partial charge in [0.25, 0.3) is 0 Å². The van der Waals surface area contributed by atoms with Gasteiger partial charge in [0.2, 0.25) is 0 Å². The van der Waals surface area contributed by atoms with E-state index in [0.717, 1.165) is 16.2 Å². The van der Waals surface area contributed by atoms with Gasteiger partial charge in [-0.3, -0.25) is 5.43 Å². The molecule has 4 nitrogen and oxygen atoms in total. The van der Waals surface area contributed by atoms with Gasteiger partial charge in [-0.05, 0) is 36.8 Å². The molecule has 17 heavy (non-hydrogen) atoms. The lowest BCUT2D eigenvalue weighted by Crippen LogP contribution is -2.25. The second-order valence-corrected chi connectivity index (χ2v) is 4.68. The van der Waals surface area contributed by atoms with Crippen LogP contribution in [0.2, 0.25) is 0 Å². The summed E-state index contributed by atoms with van der Waals surface area (Å²) in [5, 5.41) is 4.22. The molecule has 92 valence electrons. The summed E-state index contributed by atoms with van der Waals surface area (Å²) in [6.45, 7) is 1.89. The molecule has 6 heteroatoms. The Kier molecular flexibility index (Phi) is 5.96. The van der Waals surface area contributed by atoms with Crippen molar-refractivity contribution >= 4 is 34.8 Å². The fourth-order valence-corrected chi connectivity index (χ4v) is 1.75. The van der Waals surface area contributed by atoms with E-state index in [1.165, 1.54) is 0 Å². The lowest BCUT2D eigenvalue weighted by atomic mass is 10.1. The molecule has 1 aromatic rings. The van der Waals surface area contributed by atoms with Gasteiger partial charge in [-0.25, -0.2) is 0 Å². The fraction of sp³-hybridized carbons (Fsp3) is 0.273. The molecule has 0 radical (unpaired) electrons. The van der Waals surface area contributed by atoms with Crippen LogP contribution in [0.25, 0.3) is 0 Å². The highest BCUT2D eigenvalue weighted by Gasteiger charge is 1.98. The van der Waals surface area contributed by atoms with Crippen LogP contribution < -0.4 is 11.2 Å². The third-order valence-electron chi connectivity index (χ3n) is 1.95. The van der Waals surface area contributed by atoms with E-state index in [9.17, 15) is 0 Å². The Bertz CT molecular complexity index is 404. The summed E-state index contributed by atoms with van der Waals surface area (Å²) in [5.41, 5.74) is 9.72. The number of hydrazone groups is 1. The number of nitrogens with two attached hydrogens (primary N) is 1. The van der Waals surface area contributed by atoms with Crippen molar-refractivity contribution < 1.29 is 4.74 Å². The molecular formula is C11H15N3OS2. The Morgan fingerprint density at radius 1 is 1.47 bits per heavy atom. The van der Waals surface area contributed by atoms with Crippen LogP contribution >= 0.6 is 24.0 Å². The first-order valence-corrected chi connectivity index (χ1v) is 6.34. The molecule has 1 rings (SSSR count). The van der Waals surface area contributed by atoms with Crippen LogP contribution in [0.3, 0.4) is 0 Å². The number of hydrogen-bond acceptors (Lipinski definition) is 4. The number of nitrogens with one attached hydrogen (secondary N) is 1. The fourth-order valence-electron chi connectivity index (χ4n) is 1.12. The van der Waals surface area contributed by atoms with Crippen LogP contribution in [0.5, 0.6) is 0 Å². The maximum atomic E-state index is 5.29. The van der Waals surface area contributed by atoms with Crippen LogP contribution in [0.1, 0.15) is 12.5 Å². The van der Waals surface area contributed by atoms with Crippen LogP contribution in [-0.4, -0.2) is 23.9 Å². The van der Waals surface area contributed by atoms with Gasteiger partial charge in [-0.2, -0.15) is 5.10 Å². The summed E-state index contributed by atoms with van der Waals surface area (Å²) in [7, 11) is 1.68. The van der Waals surface area contributed by atoms with Gasteiger partial charge >= 0.3 is 0 Å². The zero-order valence-electron chi connectivity index (χ0n) is 9.77. The van der Waals surface area contributed by atoms with Crippen LogP contribution in [-0.2, 0) is 4.74 Å². The summed E-state index contributed by atoms with van der Waals surface area (Å²) < 4.78 is 4.99. The lowest BCUT2D eigenvalue weighted by molar-refractivity contribution is 0.259. The molecule has 0 saturated heterocycles. The number of rotatable bonds is 5. The van der Waals surface area contributed by atoms with E-state index in [1.54, 1.807) is 18.9 Å². The van der Waals surface area contributed by atoms with E-state index >= 15 is 0 Å². The largest absolute Gasteiger partial charge is 0.375 e. The van der Waals surface area contributed by atoms with Gasteiger partial charge in [0, 0.05) is 12.0 Å². The summed E-state index contributed by atoms with van der Waals surface area (Å²) in [6, 6.07) is 8.05. The van der Waals surface area contributed by atoms with Gasteiger partial charge in [-0.1, -0.05) is 23.9 Å². The first kappa shape index (κ1) is 14.0. The summed E-state index contributed by atoms with van der Waals surface area (Å²) in [4.78, 5) is 1.16. The molecule has 0 unspecified atom stereocenters. The first-order chi connectivity index (χ1) is 8.13. The van der Waals surface area contributed by atoms with Gasteiger partial charge in [-0.15, -0.1) is 0 Å². The second-order valence-electron chi connectivity index (χ2n) is 3.25. The topological polar surface area (TPSA) is 59.6 Å². The molecule has 0 fully saturated rings. The first-order valence-electron chi connectivity index (χ1n) is 4.95. The minimum Gasteiger partial charge on any atom is -0.375 e. The third-order valence-corrected chi connectivity index (χ3v) is 3.00. The number of methoxy groups -OCH3 is 1. The van der Waals surface area contributed by atoms with Crippen molar-refractivity contribution in [3.63, 3.8) is 0 Å². The maximum Gasteiger partial charge on any atom is 0.184 e. The molecule has 0 aliphatic heterocycles. The average molecular weight is 269 g/mol. The number of thioether (sulfide) groups is 1. The molecule has 1 aromatic carbocycles. The minimum atomic E-state index is 0.164. The molecule has 0 amide bonds. The lowest BCUT2D eigenvalue weighted by Gasteiger charge is -2.04. The number of ether oxygens (including phenoxy) is 1. The predicted molar refractivity (Wildman–Crippen MR) is 76.3 cm³/mol. The van der Waals surface area contributed by atoms with Crippen LogP contribution in [0.15, 0.2) is 34.3 Å². The molecule has 0 bridgehead atoms. The summed E-state index contributed by atoms with van der Waals surface area (Å²) >= 11 is 6.32. The molecule has 0 aliphatic carbocycles. The minimum absolute atomic E-state index is 0.164. The zero-order valence-corrected chi connectivity index (χ0v) is 11.4. The van der Waals surface area contributed by atoms with Crippen LogP contribution in [0, 0.1) is 0 Å². The number of nitrogens with zero attached hydrogens (tertiary/aromatic N) is 1. The summed E-state index contributed by atoms with van der Waals surface area (Å²) in [6.07, 6.45) is 0. The van der Waals surface area contributed by atoms with Crippen molar-refractivity contribution in [1.29, 1.82) is 0 Å². The molecule has 0 heterocycles. The standard InChI is InChI=1S/C11H15N3OS2/c1-8(13-14-11(12)16)9-3-5-10(6-4-9)17-7-15-2/h3-6H,7H2,1-2H3,(H3,12,14,16)/b13-8+. The Morgan fingerprint density at radius 2 is 2.12 bits per heavy atom. The van der Waals surface area contributed by atoms with Gasteiger partial charge in [0.15, 0.2) is 5.11 Å². The normalized spacial score (nSPS) is 11.3. The van der Waals surface area contributed by atoms with E-state index in [4.69, 9.17) is 10.5 Å². The van der Waals surface area contributed by atoms with E-state index < -0.39 is 0 Å². The molecule has 0 saturated carbocycles. The van der Waals surface area contributed by atoms with Crippen molar-refractivity contribution in [2.75, 3.05) is 13.0 Å². The monoisotopic (exact) mass is 269 g/mol. The Morgan fingerprint density at radius 3 is 2.65 bits per heavy atom. The Hall–Kier alpha value is -1.11. The number of benzene rings is 1. The highest BCUT2D eigenvalue weighted by atomic mass is 32.2. The van der Waals surface area contributed by atoms with Crippen molar-refractivity contribution in [3.05, 3.63) is 29.8 Å². The Labute approximate surface area is 111 Å². The molecule has 0 spiro atoms. The molecule has 3 N–H and O–H groups in total. The van der Waals surface area contributed by atoms with E-state index in [0.29, 0.717) is 5.94 Å². The molecule has 0 aromatic heterocycles. The maximum absolute atomic E-state index is 5.29. The summed E-state index contributed by atoms with van der Waals surface area (Å²) in [5.74, 6) is 0.648. The third kappa shape index (κ3) is 5.16. The quantitative estimate of drug-likeness (QED) is 0.281. The van der Waals surface area contributed by atoms with Gasteiger partial charge in [0.05, 0.1) is 11.7 Å². The van der Waals surface area contributed by atoms with E-state index in [-0.39, 0.29) is 5.11 Å². The highest BCUT2D eigenvalue weighted by Crippen LogP contribution is 2.18. The smallest absolute Gasteiger partial charge is 0.184 e.